The first-order chi connectivity index (χ1) is 11.0. The fraction of sp³-hybridized carbons (Fsp3) is 0.176. The number of hydrogen-bond acceptors (Lipinski definition) is 4. The molecule has 5 nitrogen and oxygen atoms in total. The highest BCUT2D eigenvalue weighted by Crippen LogP contribution is 2.16. The van der Waals surface area contributed by atoms with E-state index in [0.29, 0.717) is 11.3 Å². The van der Waals surface area contributed by atoms with Crippen molar-refractivity contribution in [3.8, 4) is 0 Å². The van der Waals surface area contributed by atoms with Crippen LogP contribution in [0.3, 0.4) is 0 Å². The Morgan fingerprint density at radius 1 is 1.13 bits per heavy atom. The quantitative estimate of drug-likeness (QED) is 0.813. The van der Waals surface area contributed by atoms with E-state index < -0.39 is 5.97 Å². The highest BCUT2D eigenvalue weighted by molar-refractivity contribution is 9.10. The van der Waals surface area contributed by atoms with E-state index in [1.165, 1.54) is 0 Å². The minimum Gasteiger partial charge on any atom is -0.452 e. The van der Waals surface area contributed by atoms with E-state index >= 15 is 0 Å². The molecule has 0 aliphatic heterocycles. The molecule has 6 heteroatoms. The number of ether oxygens (including phenoxy) is 1. The van der Waals surface area contributed by atoms with Crippen LogP contribution in [0.1, 0.15) is 10.4 Å². The van der Waals surface area contributed by atoms with E-state index in [0.717, 1.165) is 10.2 Å². The standard InChI is InChI=1S/C17H17BrN2O3/c1-20(2)15-8-3-5-12(9-15)17(22)23-11-16(21)19-14-7-4-6-13(18)10-14/h3-10H,11H2,1-2H3,(H,19,21). The summed E-state index contributed by atoms with van der Waals surface area (Å²) in [7, 11) is 3.77. The van der Waals surface area contributed by atoms with E-state index in [9.17, 15) is 9.59 Å². The van der Waals surface area contributed by atoms with Crippen molar-refractivity contribution >= 4 is 39.2 Å². The topological polar surface area (TPSA) is 58.6 Å². The maximum atomic E-state index is 12.0. The van der Waals surface area contributed by atoms with Gasteiger partial charge in [0.1, 0.15) is 0 Å². The first-order valence-electron chi connectivity index (χ1n) is 6.95. The molecule has 0 atom stereocenters. The molecule has 0 heterocycles. The Morgan fingerprint density at radius 3 is 2.57 bits per heavy atom. The Kier molecular flexibility index (Phi) is 5.76. The summed E-state index contributed by atoms with van der Waals surface area (Å²) < 4.78 is 5.90. The molecule has 0 saturated carbocycles. The van der Waals surface area contributed by atoms with Gasteiger partial charge in [-0.15, -0.1) is 0 Å². The van der Waals surface area contributed by atoms with Gasteiger partial charge in [0, 0.05) is 29.9 Å². The van der Waals surface area contributed by atoms with Gasteiger partial charge >= 0.3 is 5.97 Å². The van der Waals surface area contributed by atoms with Gasteiger partial charge < -0.3 is 15.0 Å². The van der Waals surface area contributed by atoms with Gasteiger partial charge in [-0.2, -0.15) is 0 Å². The lowest BCUT2D eigenvalue weighted by molar-refractivity contribution is -0.119. The fourth-order valence-corrected chi connectivity index (χ4v) is 2.29. The summed E-state index contributed by atoms with van der Waals surface area (Å²) in [6, 6.07) is 14.2. The molecule has 0 bridgehead atoms. The molecule has 0 unspecified atom stereocenters. The number of amides is 1. The summed E-state index contributed by atoms with van der Waals surface area (Å²) in [5.41, 5.74) is 1.93. The summed E-state index contributed by atoms with van der Waals surface area (Å²) in [5, 5.41) is 2.66. The number of carbonyl (C=O) groups is 2. The van der Waals surface area contributed by atoms with Crippen molar-refractivity contribution in [3.05, 3.63) is 58.6 Å². The second kappa shape index (κ2) is 7.78. The Balaban J connectivity index is 1.91. The van der Waals surface area contributed by atoms with E-state index in [4.69, 9.17) is 4.74 Å². The van der Waals surface area contributed by atoms with Crippen molar-refractivity contribution in [2.75, 3.05) is 30.9 Å². The van der Waals surface area contributed by atoms with Crippen molar-refractivity contribution in [3.63, 3.8) is 0 Å². The zero-order chi connectivity index (χ0) is 16.8. The summed E-state index contributed by atoms with van der Waals surface area (Å²) in [6.07, 6.45) is 0. The summed E-state index contributed by atoms with van der Waals surface area (Å²) >= 11 is 3.32. The second-order valence-corrected chi connectivity index (χ2v) is 6.00. The van der Waals surface area contributed by atoms with Crippen LogP contribution in [0.2, 0.25) is 0 Å². The van der Waals surface area contributed by atoms with Gasteiger partial charge in [-0.25, -0.2) is 4.79 Å². The predicted octanol–water partition coefficient (Wildman–Crippen LogP) is 3.31. The molecule has 120 valence electrons. The van der Waals surface area contributed by atoms with Crippen molar-refractivity contribution in [1.82, 2.24) is 0 Å². The molecule has 0 aromatic heterocycles. The molecule has 2 aromatic rings. The molecule has 0 saturated heterocycles. The number of nitrogens with zero attached hydrogens (tertiary/aromatic N) is 1. The van der Waals surface area contributed by atoms with Crippen LogP contribution in [-0.4, -0.2) is 32.6 Å². The third-order valence-electron chi connectivity index (χ3n) is 3.04. The van der Waals surface area contributed by atoms with Crippen LogP contribution in [0.25, 0.3) is 0 Å². The Morgan fingerprint density at radius 2 is 1.87 bits per heavy atom. The minimum absolute atomic E-state index is 0.336. The van der Waals surface area contributed by atoms with Gasteiger partial charge in [-0.05, 0) is 36.4 Å². The molecule has 0 fully saturated rings. The average molecular weight is 377 g/mol. The van der Waals surface area contributed by atoms with E-state index in [-0.39, 0.29) is 12.5 Å². The monoisotopic (exact) mass is 376 g/mol. The zero-order valence-electron chi connectivity index (χ0n) is 12.9. The molecular weight excluding hydrogens is 360 g/mol. The van der Waals surface area contributed by atoms with Gasteiger partial charge in [0.2, 0.25) is 0 Å². The minimum atomic E-state index is -0.530. The van der Waals surface area contributed by atoms with Crippen LogP contribution < -0.4 is 10.2 Å². The first-order valence-corrected chi connectivity index (χ1v) is 7.75. The zero-order valence-corrected chi connectivity index (χ0v) is 14.5. The van der Waals surface area contributed by atoms with E-state index in [1.54, 1.807) is 36.4 Å². The van der Waals surface area contributed by atoms with Crippen LogP contribution in [-0.2, 0) is 9.53 Å². The van der Waals surface area contributed by atoms with Crippen molar-refractivity contribution < 1.29 is 14.3 Å². The molecule has 1 N–H and O–H groups in total. The smallest absolute Gasteiger partial charge is 0.338 e. The number of anilines is 2. The van der Waals surface area contributed by atoms with Crippen LogP contribution in [0.15, 0.2) is 53.0 Å². The molecular formula is C17H17BrN2O3. The van der Waals surface area contributed by atoms with Gasteiger partial charge in [0.15, 0.2) is 6.61 Å². The van der Waals surface area contributed by atoms with Crippen LogP contribution in [0.4, 0.5) is 11.4 Å². The molecule has 1 amide bonds. The van der Waals surface area contributed by atoms with Crippen molar-refractivity contribution in [2.45, 2.75) is 0 Å². The number of rotatable bonds is 5. The second-order valence-electron chi connectivity index (χ2n) is 5.08. The van der Waals surface area contributed by atoms with Crippen molar-refractivity contribution in [2.24, 2.45) is 0 Å². The largest absolute Gasteiger partial charge is 0.452 e. The van der Waals surface area contributed by atoms with Gasteiger partial charge in [-0.1, -0.05) is 28.1 Å². The van der Waals surface area contributed by atoms with Gasteiger partial charge in [0.25, 0.3) is 5.91 Å². The predicted molar refractivity (Wildman–Crippen MR) is 93.8 cm³/mol. The maximum Gasteiger partial charge on any atom is 0.338 e. The molecule has 0 aliphatic rings. The summed E-state index contributed by atoms with van der Waals surface area (Å²) in [4.78, 5) is 25.7. The summed E-state index contributed by atoms with van der Waals surface area (Å²) in [6.45, 7) is -0.336. The average Bonchev–Trinajstić information content (AvgIpc) is 2.52. The van der Waals surface area contributed by atoms with E-state index in [2.05, 4.69) is 21.2 Å². The van der Waals surface area contributed by atoms with Crippen LogP contribution in [0, 0.1) is 0 Å². The van der Waals surface area contributed by atoms with E-state index in [1.807, 2.05) is 31.1 Å². The number of nitrogens with one attached hydrogen (secondary N) is 1. The summed E-state index contributed by atoms with van der Waals surface area (Å²) in [5.74, 6) is -0.918. The number of halogens is 1. The van der Waals surface area contributed by atoms with Crippen LogP contribution >= 0.6 is 15.9 Å². The maximum absolute atomic E-state index is 12.0. The Labute approximate surface area is 143 Å². The number of benzene rings is 2. The number of hydrogen-bond donors (Lipinski definition) is 1. The van der Waals surface area contributed by atoms with Crippen LogP contribution in [0.5, 0.6) is 0 Å². The number of carbonyl (C=O) groups excluding carboxylic acids is 2. The molecule has 0 spiro atoms. The fourth-order valence-electron chi connectivity index (χ4n) is 1.89. The SMILES string of the molecule is CN(C)c1cccc(C(=O)OCC(=O)Nc2cccc(Br)c2)c1. The molecule has 2 rings (SSSR count). The van der Waals surface area contributed by atoms with Gasteiger partial charge in [-0.3, -0.25) is 4.79 Å². The Bertz CT molecular complexity index is 716. The lowest BCUT2D eigenvalue weighted by Crippen LogP contribution is -2.21. The normalized spacial score (nSPS) is 10.0. The highest BCUT2D eigenvalue weighted by atomic mass is 79.9. The molecule has 23 heavy (non-hydrogen) atoms. The lowest BCUT2D eigenvalue weighted by Gasteiger charge is -2.13. The molecule has 0 radical (unpaired) electrons. The lowest BCUT2D eigenvalue weighted by atomic mass is 10.2. The first kappa shape index (κ1) is 17.0. The Hall–Kier alpha value is -2.34. The molecule has 2 aromatic carbocycles. The van der Waals surface area contributed by atoms with Gasteiger partial charge in [0.05, 0.1) is 5.56 Å². The third kappa shape index (κ3) is 5.10. The highest BCUT2D eigenvalue weighted by Gasteiger charge is 2.11. The van der Waals surface area contributed by atoms with Crippen molar-refractivity contribution in [1.29, 1.82) is 0 Å². The molecule has 0 aliphatic carbocycles. The third-order valence-corrected chi connectivity index (χ3v) is 3.53. The number of esters is 1.